The molecule has 4 heteroatoms. The maximum Gasteiger partial charge on any atom is 0.104 e. The van der Waals surface area contributed by atoms with Crippen LogP contribution in [0.4, 0.5) is 0 Å². The lowest BCUT2D eigenvalue weighted by Gasteiger charge is -2.09. The number of rotatable bonds is 1. The molecule has 0 spiro atoms. The van der Waals surface area contributed by atoms with Gasteiger partial charge in [0.15, 0.2) is 0 Å². The van der Waals surface area contributed by atoms with Crippen LogP contribution in [-0.4, -0.2) is 43.0 Å². The molecule has 0 saturated carbocycles. The van der Waals surface area contributed by atoms with Gasteiger partial charge in [-0.3, -0.25) is 0 Å². The van der Waals surface area contributed by atoms with Crippen molar-refractivity contribution in [1.82, 2.24) is 0 Å². The second-order valence-electron chi connectivity index (χ2n) is 2.27. The molecule has 1 saturated heterocycles. The molecular weight excluding hydrogens is 156 g/mol. The van der Waals surface area contributed by atoms with Crippen molar-refractivity contribution >= 4 is 11.6 Å². The van der Waals surface area contributed by atoms with E-state index in [1.54, 1.807) is 0 Å². The zero-order valence-electron chi connectivity index (χ0n) is 5.62. The predicted molar refractivity (Wildman–Crippen MR) is 37.3 cm³/mol. The van der Waals surface area contributed by atoms with Crippen molar-refractivity contribution in [2.45, 2.75) is 11.5 Å². The highest BCUT2D eigenvalue weighted by Crippen LogP contribution is 2.06. The van der Waals surface area contributed by atoms with E-state index < -0.39 is 0 Å². The van der Waals surface area contributed by atoms with Gasteiger partial charge < -0.3 is 14.6 Å². The summed E-state index contributed by atoms with van der Waals surface area (Å²) in [6.07, 6.45) is -0.191. The number of ether oxygens (including phenoxy) is 2. The van der Waals surface area contributed by atoms with Gasteiger partial charge in [0, 0.05) is 0 Å². The minimum Gasteiger partial charge on any atom is -0.394 e. The maximum atomic E-state index is 8.65. The van der Waals surface area contributed by atoms with Crippen LogP contribution in [0.1, 0.15) is 0 Å². The molecule has 0 aliphatic carbocycles. The van der Waals surface area contributed by atoms with Gasteiger partial charge in [-0.25, -0.2) is 0 Å². The summed E-state index contributed by atoms with van der Waals surface area (Å²) in [6.45, 7) is 1.42. The van der Waals surface area contributed by atoms with Crippen molar-refractivity contribution in [3.05, 3.63) is 0 Å². The average molecular weight is 167 g/mol. The number of aliphatic hydroxyl groups is 1. The molecule has 1 N–H and O–H groups in total. The van der Waals surface area contributed by atoms with Crippen molar-refractivity contribution < 1.29 is 14.6 Å². The van der Waals surface area contributed by atoms with Gasteiger partial charge in [-0.15, -0.1) is 11.6 Å². The Morgan fingerprint density at radius 3 is 2.90 bits per heavy atom. The van der Waals surface area contributed by atoms with E-state index >= 15 is 0 Å². The van der Waals surface area contributed by atoms with Crippen molar-refractivity contribution in [3.63, 3.8) is 0 Å². The van der Waals surface area contributed by atoms with Crippen molar-refractivity contribution in [1.29, 1.82) is 0 Å². The molecule has 0 amide bonds. The van der Waals surface area contributed by atoms with Crippen LogP contribution in [0.3, 0.4) is 0 Å². The molecule has 3 nitrogen and oxygen atoms in total. The number of hydrogen-bond donors (Lipinski definition) is 1. The first-order chi connectivity index (χ1) is 4.83. The summed E-state index contributed by atoms with van der Waals surface area (Å²) in [5.41, 5.74) is 0. The molecule has 1 aliphatic rings. The Hall–Kier alpha value is 0.170. The standard InChI is InChI=1S/C6H11ClO3/c7-5-2-9-4-6(1-8)10-3-5/h5-6,8H,1-4H2/t5-,6-/m0/s1. The van der Waals surface area contributed by atoms with E-state index in [2.05, 4.69) is 0 Å². The smallest absolute Gasteiger partial charge is 0.104 e. The molecule has 1 rings (SSSR count). The summed E-state index contributed by atoms with van der Waals surface area (Å²) in [7, 11) is 0. The van der Waals surface area contributed by atoms with Crippen LogP contribution >= 0.6 is 11.6 Å². The van der Waals surface area contributed by atoms with E-state index in [1.807, 2.05) is 0 Å². The molecule has 1 aliphatic heterocycles. The maximum absolute atomic E-state index is 8.65. The van der Waals surface area contributed by atoms with Gasteiger partial charge in [0.2, 0.25) is 0 Å². The summed E-state index contributed by atoms with van der Waals surface area (Å²) in [6, 6.07) is 0. The van der Waals surface area contributed by atoms with E-state index in [9.17, 15) is 0 Å². The molecule has 60 valence electrons. The quantitative estimate of drug-likeness (QED) is 0.558. The number of aliphatic hydroxyl groups excluding tert-OH is 1. The highest BCUT2D eigenvalue weighted by molar-refractivity contribution is 6.20. The molecule has 1 fully saturated rings. The molecule has 0 unspecified atom stereocenters. The molecule has 2 atom stereocenters. The van der Waals surface area contributed by atoms with Crippen LogP contribution in [-0.2, 0) is 9.47 Å². The topological polar surface area (TPSA) is 38.7 Å². The lowest BCUT2D eigenvalue weighted by molar-refractivity contribution is -0.00795. The second kappa shape index (κ2) is 4.13. The third-order valence-electron chi connectivity index (χ3n) is 1.32. The van der Waals surface area contributed by atoms with Gasteiger partial charge in [0.25, 0.3) is 0 Å². The third-order valence-corrected chi connectivity index (χ3v) is 1.57. The Morgan fingerprint density at radius 1 is 1.40 bits per heavy atom. The van der Waals surface area contributed by atoms with Gasteiger partial charge in [-0.05, 0) is 0 Å². The Labute approximate surface area is 64.9 Å². The summed E-state index contributed by atoms with van der Waals surface area (Å²) < 4.78 is 10.3. The Kier molecular flexibility index (Phi) is 3.42. The fourth-order valence-electron chi connectivity index (χ4n) is 0.769. The van der Waals surface area contributed by atoms with E-state index in [0.29, 0.717) is 19.8 Å². The number of halogens is 1. The molecule has 0 aromatic rings. The summed E-state index contributed by atoms with van der Waals surface area (Å²) in [4.78, 5) is 0. The molecule has 0 aromatic carbocycles. The van der Waals surface area contributed by atoms with Gasteiger partial charge in [0.05, 0.1) is 31.8 Å². The largest absolute Gasteiger partial charge is 0.394 e. The monoisotopic (exact) mass is 166 g/mol. The SMILES string of the molecule is OC[C@H]1COC[C@H](Cl)CO1. The molecule has 10 heavy (non-hydrogen) atoms. The number of hydrogen-bond acceptors (Lipinski definition) is 3. The second-order valence-corrected chi connectivity index (χ2v) is 2.89. The minimum atomic E-state index is -0.191. The van der Waals surface area contributed by atoms with Crippen LogP contribution in [0.2, 0.25) is 0 Å². The van der Waals surface area contributed by atoms with Crippen LogP contribution in [0.25, 0.3) is 0 Å². The molecule has 0 radical (unpaired) electrons. The fraction of sp³-hybridized carbons (Fsp3) is 1.00. The van der Waals surface area contributed by atoms with E-state index in [4.69, 9.17) is 26.2 Å². The summed E-state index contributed by atoms with van der Waals surface area (Å²) in [5.74, 6) is 0. The van der Waals surface area contributed by atoms with Crippen molar-refractivity contribution in [2.75, 3.05) is 26.4 Å². The molecular formula is C6H11ClO3. The minimum absolute atomic E-state index is 0.00358. The Bertz CT molecular complexity index is 99.0. The highest BCUT2D eigenvalue weighted by atomic mass is 35.5. The first kappa shape index (κ1) is 8.27. The summed E-state index contributed by atoms with van der Waals surface area (Å²) >= 11 is 5.71. The zero-order chi connectivity index (χ0) is 7.40. The van der Waals surface area contributed by atoms with Crippen LogP contribution < -0.4 is 0 Å². The van der Waals surface area contributed by atoms with Crippen LogP contribution in [0.15, 0.2) is 0 Å². The Morgan fingerprint density at radius 2 is 2.20 bits per heavy atom. The molecule has 0 bridgehead atoms. The lowest BCUT2D eigenvalue weighted by Crippen LogP contribution is -2.21. The Balaban J connectivity index is 2.26. The third kappa shape index (κ3) is 2.42. The van der Waals surface area contributed by atoms with E-state index in [0.717, 1.165) is 0 Å². The first-order valence-electron chi connectivity index (χ1n) is 3.27. The van der Waals surface area contributed by atoms with Gasteiger partial charge >= 0.3 is 0 Å². The van der Waals surface area contributed by atoms with Crippen molar-refractivity contribution in [2.24, 2.45) is 0 Å². The normalized spacial score (nSPS) is 35.4. The lowest BCUT2D eigenvalue weighted by atomic mass is 10.4. The zero-order valence-corrected chi connectivity index (χ0v) is 6.38. The van der Waals surface area contributed by atoms with Gasteiger partial charge in [-0.2, -0.15) is 0 Å². The van der Waals surface area contributed by atoms with E-state index in [-0.39, 0.29) is 18.1 Å². The average Bonchev–Trinajstić information content (AvgIpc) is 2.14. The van der Waals surface area contributed by atoms with Crippen LogP contribution in [0, 0.1) is 0 Å². The number of alkyl halides is 1. The fourth-order valence-corrected chi connectivity index (χ4v) is 0.931. The van der Waals surface area contributed by atoms with E-state index in [1.165, 1.54) is 0 Å². The molecule has 1 heterocycles. The highest BCUT2D eigenvalue weighted by Gasteiger charge is 2.16. The van der Waals surface area contributed by atoms with Gasteiger partial charge in [0.1, 0.15) is 6.10 Å². The van der Waals surface area contributed by atoms with Crippen molar-refractivity contribution in [3.8, 4) is 0 Å². The van der Waals surface area contributed by atoms with Gasteiger partial charge in [-0.1, -0.05) is 0 Å². The summed E-state index contributed by atoms with van der Waals surface area (Å²) in [5, 5.41) is 8.58. The van der Waals surface area contributed by atoms with Crippen LogP contribution in [0.5, 0.6) is 0 Å². The molecule has 0 aromatic heterocycles. The predicted octanol–water partition coefficient (Wildman–Crippen LogP) is 0.00150. The first-order valence-corrected chi connectivity index (χ1v) is 3.71.